The number of nitrogens with one attached hydrogen (secondary N) is 1. The van der Waals surface area contributed by atoms with Gasteiger partial charge in [0.05, 0.1) is 10.3 Å². The average Bonchev–Trinajstić information content (AvgIpc) is 3.05. The Bertz CT molecular complexity index is 1120. The molecule has 0 aliphatic heterocycles. The van der Waals surface area contributed by atoms with E-state index in [2.05, 4.69) is 9.88 Å². The summed E-state index contributed by atoms with van der Waals surface area (Å²) >= 11 is 0. The summed E-state index contributed by atoms with van der Waals surface area (Å²) in [4.78, 5) is 0.166. The molecule has 25 heavy (non-hydrogen) atoms. The van der Waals surface area contributed by atoms with Gasteiger partial charge in [0.15, 0.2) is 11.4 Å². The summed E-state index contributed by atoms with van der Waals surface area (Å²) in [5.74, 6) is 0.183. The highest BCUT2D eigenvalue weighted by molar-refractivity contribution is 7.92. The Kier molecular flexibility index (Phi) is 3.74. The first-order valence-electron chi connectivity index (χ1n) is 7.66. The highest BCUT2D eigenvalue weighted by Crippen LogP contribution is 2.26. The minimum Gasteiger partial charge on any atom is -0.354 e. The van der Waals surface area contributed by atoms with Gasteiger partial charge in [-0.05, 0) is 35.4 Å². The van der Waals surface area contributed by atoms with Gasteiger partial charge in [-0.1, -0.05) is 59.8 Å². The van der Waals surface area contributed by atoms with Crippen molar-refractivity contribution in [3.8, 4) is 11.1 Å². The highest BCUT2D eigenvalue weighted by Gasteiger charge is 2.18. The first kappa shape index (κ1) is 15.4. The molecule has 0 saturated heterocycles. The molecular formula is C19H14N2O3S. The molecule has 0 bridgehead atoms. The Balaban J connectivity index is 1.64. The zero-order valence-corrected chi connectivity index (χ0v) is 13.9. The second-order valence-electron chi connectivity index (χ2n) is 5.52. The molecule has 0 atom stereocenters. The van der Waals surface area contributed by atoms with Crippen LogP contribution in [-0.2, 0) is 10.0 Å². The van der Waals surface area contributed by atoms with Gasteiger partial charge in [-0.2, -0.15) is 0 Å². The van der Waals surface area contributed by atoms with Gasteiger partial charge in [-0.15, -0.1) is 0 Å². The van der Waals surface area contributed by atoms with Crippen LogP contribution in [0, 0.1) is 0 Å². The normalized spacial score (nSPS) is 11.5. The van der Waals surface area contributed by atoms with Crippen molar-refractivity contribution in [2.45, 2.75) is 4.90 Å². The molecule has 3 aromatic carbocycles. The van der Waals surface area contributed by atoms with Crippen LogP contribution in [0.2, 0.25) is 0 Å². The third-order valence-electron chi connectivity index (χ3n) is 3.88. The molecule has 4 aromatic rings. The standard InChI is InChI=1S/C19H14N2O3S/c22-25(23,21-19-17-8-4-5-9-18(17)24-20-19)16-12-10-15(11-13-16)14-6-2-1-3-7-14/h1-13H,(H,20,21). The number of benzene rings is 3. The number of rotatable bonds is 4. The van der Waals surface area contributed by atoms with E-state index in [1.165, 1.54) is 0 Å². The molecule has 0 spiro atoms. The van der Waals surface area contributed by atoms with Gasteiger partial charge in [0.2, 0.25) is 0 Å². The fraction of sp³-hybridized carbons (Fsp3) is 0. The maximum atomic E-state index is 12.6. The molecule has 124 valence electrons. The number of para-hydroxylation sites is 1. The van der Waals surface area contributed by atoms with E-state index in [4.69, 9.17) is 4.52 Å². The van der Waals surface area contributed by atoms with Crippen LogP contribution in [-0.4, -0.2) is 13.6 Å². The lowest BCUT2D eigenvalue weighted by atomic mass is 10.1. The molecule has 6 heteroatoms. The van der Waals surface area contributed by atoms with Gasteiger partial charge >= 0.3 is 0 Å². The van der Waals surface area contributed by atoms with E-state index in [0.717, 1.165) is 11.1 Å². The maximum Gasteiger partial charge on any atom is 0.263 e. The van der Waals surface area contributed by atoms with Gasteiger partial charge in [0.1, 0.15) is 0 Å². The van der Waals surface area contributed by atoms with Crippen LogP contribution in [0.3, 0.4) is 0 Å². The van der Waals surface area contributed by atoms with Crippen molar-refractivity contribution in [3.05, 3.63) is 78.9 Å². The Morgan fingerprint density at radius 2 is 1.40 bits per heavy atom. The molecule has 5 nitrogen and oxygen atoms in total. The number of hydrogen-bond donors (Lipinski definition) is 1. The summed E-state index contributed by atoms with van der Waals surface area (Å²) in [5, 5.41) is 4.42. The Labute approximate surface area is 145 Å². The molecule has 1 N–H and O–H groups in total. The van der Waals surface area contributed by atoms with E-state index in [9.17, 15) is 8.42 Å². The number of anilines is 1. The van der Waals surface area contributed by atoms with Crippen molar-refractivity contribution in [1.82, 2.24) is 5.16 Å². The van der Waals surface area contributed by atoms with E-state index < -0.39 is 10.0 Å². The topological polar surface area (TPSA) is 72.2 Å². The molecule has 1 aromatic heterocycles. The molecule has 0 radical (unpaired) electrons. The lowest BCUT2D eigenvalue weighted by Crippen LogP contribution is -2.13. The molecule has 1 heterocycles. The minimum absolute atomic E-state index is 0.166. The second-order valence-corrected chi connectivity index (χ2v) is 7.21. The van der Waals surface area contributed by atoms with Crippen molar-refractivity contribution in [1.29, 1.82) is 0 Å². The molecule has 0 fully saturated rings. The molecule has 0 aliphatic carbocycles. The summed E-state index contributed by atoms with van der Waals surface area (Å²) in [6.07, 6.45) is 0. The Morgan fingerprint density at radius 1 is 0.760 bits per heavy atom. The molecule has 0 saturated carbocycles. The SMILES string of the molecule is O=S(=O)(Nc1noc2ccccc12)c1ccc(-c2ccccc2)cc1. The van der Waals surface area contributed by atoms with Crippen molar-refractivity contribution in [2.24, 2.45) is 0 Å². The monoisotopic (exact) mass is 350 g/mol. The van der Waals surface area contributed by atoms with Gasteiger partial charge in [-0.3, -0.25) is 4.72 Å². The summed E-state index contributed by atoms with van der Waals surface area (Å²) in [7, 11) is -3.75. The maximum absolute atomic E-state index is 12.6. The fourth-order valence-electron chi connectivity index (χ4n) is 2.60. The van der Waals surface area contributed by atoms with Gasteiger partial charge in [0.25, 0.3) is 10.0 Å². The van der Waals surface area contributed by atoms with Crippen LogP contribution < -0.4 is 4.72 Å². The lowest BCUT2D eigenvalue weighted by molar-refractivity contribution is 0.460. The van der Waals surface area contributed by atoms with E-state index >= 15 is 0 Å². The van der Waals surface area contributed by atoms with E-state index in [1.54, 1.807) is 48.5 Å². The molecule has 0 unspecified atom stereocenters. The van der Waals surface area contributed by atoms with Crippen LogP contribution in [0.1, 0.15) is 0 Å². The first-order chi connectivity index (χ1) is 12.1. The van der Waals surface area contributed by atoms with E-state index in [1.807, 2.05) is 30.3 Å². The average molecular weight is 350 g/mol. The third-order valence-corrected chi connectivity index (χ3v) is 5.24. The zero-order chi connectivity index (χ0) is 17.3. The molecule has 0 amide bonds. The quantitative estimate of drug-likeness (QED) is 0.596. The first-order valence-corrected chi connectivity index (χ1v) is 9.14. The molecular weight excluding hydrogens is 336 g/mol. The number of nitrogens with zero attached hydrogens (tertiary/aromatic N) is 1. The smallest absolute Gasteiger partial charge is 0.263 e. The summed E-state index contributed by atoms with van der Waals surface area (Å²) < 4.78 is 32.8. The van der Waals surface area contributed by atoms with Crippen LogP contribution in [0.15, 0.2) is 88.3 Å². The van der Waals surface area contributed by atoms with Crippen molar-refractivity contribution < 1.29 is 12.9 Å². The highest BCUT2D eigenvalue weighted by atomic mass is 32.2. The Morgan fingerprint density at radius 3 is 2.16 bits per heavy atom. The Hall–Kier alpha value is -3.12. The fourth-order valence-corrected chi connectivity index (χ4v) is 3.62. The molecule has 4 rings (SSSR count). The van der Waals surface area contributed by atoms with Crippen LogP contribution in [0.4, 0.5) is 5.82 Å². The van der Waals surface area contributed by atoms with Gasteiger partial charge in [0, 0.05) is 0 Å². The second kappa shape index (κ2) is 6.07. The third kappa shape index (κ3) is 2.99. The van der Waals surface area contributed by atoms with Gasteiger partial charge in [-0.25, -0.2) is 8.42 Å². The molecule has 0 aliphatic rings. The van der Waals surface area contributed by atoms with Crippen LogP contribution >= 0.6 is 0 Å². The predicted octanol–water partition coefficient (Wildman–Crippen LogP) is 4.30. The van der Waals surface area contributed by atoms with Crippen molar-refractivity contribution >= 4 is 26.8 Å². The number of aromatic nitrogens is 1. The van der Waals surface area contributed by atoms with Crippen LogP contribution in [0.5, 0.6) is 0 Å². The number of fused-ring (bicyclic) bond motifs is 1. The van der Waals surface area contributed by atoms with Crippen molar-refractivity contribution in [2.75, 3.05) is 4.72 Å². The van der Waals surface area contributed by atoms with Crippen molar-refractivity contribution in [3.63, 3.8) is 0 Å². The summed E-state index contributed by atoms with van der Waals surface area (Å²) in [6, 6.07) is 23.6. The lowest BCUT2D eigenvalue weighted by Gasteiger charge is -2.07. The van der Waals surface area contributed by atoms with Crippen LogP contribution in [0.25, 0.3) is 22.1 Å². The number of hydrogen-bond acceptors (Lipinski definition) is 4. The van der Waals surface area contributed by atoms with E-state index in [0.29, 0.717) is 11.0 Å². The zero-order valence-electron chi connectivity index (χ0n) is 13.1. The minimum atomic E-state index is -3.75. The van der Waals surface area contributed by atoms with E-state index in [-0.39, 0.29) is 10.7 Å². The predicted molar refractivity (Wildman–Crippen MR) is 96.7 cm³/mol. The van der Waals surface area contributed by atoms with Gasteiger partial charge < -0.3 is 4.52 Å². The number of sulfonamides is 1. The summed E-state index contributed by atoms with van der Waals surface area (Å²) in [5.41, 5.74) is 2.51. The summed E-state index contributed by atoms with van der Waals surface area (Å²) in [6.45, 7) is 0. The largest absolute Gasteiger partial charge is 0.354 e.